The van der Waals surface area contributed by atoms with Crippen LogP contribution in [0.3, 0.4) is 0 Å². The lowest BCUT2D eigenvalue weighted by molar-refractivity contribution is -0.465. The third-order valence-corrected chi connectivity index (χ3v) is 0.894. The van der Waals surface area contributed by atoms with Crippen LogP contribution in [0.15, 0.2) is 0 Å². The summed E-state index contributed by atoms with van der Waals surface area (Å²) >= 11 is 0. The van der Waals surface area contributed by atoms with E-state index in [0.29, 0.717) is 0 Å². The van der Waals surface area contributed by atoms with Gasteiger partial charge >= 0.3 is 0 Å². The maximum atomic E-state index is 2.08. The third kappa shape index (κ3) is 5.96. The van der Waals surface area contributed by atoms with Gasteiger partial charge in [0.05, 0.1) is 0 Å². The Morgan fingerprint density at radius 3 is 1.29 bits per heavy atom. The highest BCUT2D eigenvalue weighted by Crippen LogP contribution is 1.63. The van der Waals surface area contributed by atoms with Crippen LogP contribution in [0.2, 0.25) is 0 Å². The van der Waals surface area contributed by atoms with Crippen molar-refractivity contribution in [2.75, 3.05) is 14.1 Å². The van der Waals surface area contributed by atoms with Gasteiger partial charge in [0.25, 0.3) is 0 Å². The van der Waals surface area contributed by atoms with Crippen molar-refractivity contribution in [2.24, 2.45) is 0 Å². The normalized spacial score (nSPS) is 6.86. The predicted molar refractivity (Wildman–Crippen MR) is 28.5 cm³/mol. The van der Waals surface area contributed by atoms with Gasteiger partial charge in [0.2, 0.25) is 0 Å². The fourth-order valence-electron chi connectivity index (χ4n) is 0. The predicted octanol–water partition coefficient (Wildman–Crippen LogP) is -2.26. The van der Waals surface area contributed by atoms with Crippen LogP contribution >= 0.6 is 0 Å². The maximum Gasteiger partial charge on any atom is 0.145 e. The minimum atomic E-state index is 0. The fourth-order valence-corrected chi connectivity index (χ4v) is 0. The lowest BCUT2D eigenvalue weighted by Gasteiger charge is -1.83. The Labute approximate surface area is 51.5 Å². The molecule has 2 heteroatoms. The van der Waals surface area contributed by atoms with Gasteiger partial charge in [-0.25, -0.2) is 4.58 Å². The topological polar surface area (TPSA) is 3.01 Å². The minimum Gasteiger partial charge on any atom is -1.00 e. The van der Waals surface area contributed by atoms with Crippen LogP contribution in [0, 0.1) is 0 Å². The molecule has 0 saturated carbocycles. The highest BCUT2D eigenvalue weighted by Gasteiger charge is 1.82. The van der Waals surface area contributed by atoms with Crippen LogP contribution in [0.4, 0.5) is 0 Å². The summed E-state index contributed by atoms with van der Waals surface area (Å²) in [5, 5.41) is 0. The van der Waals surface area contributed by atoms with Gasteiger partial charge in [0.15, 0.2) is 0 Å². The fraction of sp³-hybridized carbons (Fsp3) is 0.800. The first kappa shape index (κ1) is 10.0. The van der Waals surface area contributed by atoms with Gasteiger partial charge in [-0.3, -0.25) is 0 Å². The average Bonchev–Trinajstić information content (AvgIpc) is 1.36. The smallest absolute Gasteiger partial charge is 0.145 e. The van der Waals surface area contributed by atoms with Gasteiger partial charge in [-0.05, 0) is 0 Å². The summed E-state index contributed by atoms with van der Waals surface area (Å²) in [4.78, 5) is 0. The van der Waals surface area contributed by atoms with Gasteiger partial charge in [-0.15, -0.1) is 0 Å². The second kappa shape index (κ2) is 4.13. The van der Waals surface area contributed by atoms with Crippen molar-refractivity contribution in [3.63, 3.8) is 0 Å². The van der Waals surface area contributed by atoms with E-state index >= 15 is 0 Å². The molecule has 0 rings (SSSR count). The van der Waals surface area contributed by atoms with Gasteiger partial charge < -0.3 is 12.4 Å². The molecule has 7 heavy (non-hydrogen) atoms. The second-order valence-electron chi connectivity index (χ2n) is 1.84. The zero-order chi connectivity index (χ0) is 5.15. The van der Waals surface area contributed by atoms with E-state index in [0.717, 1.165) is 0 Å². The molecule has 1 nitrogen and oxygen atoms in total. The van der Waals surface area contributed by atoms with E-state index in [-0.39, 0.29) is 12.4 Å². The lowest BCUT2D eigenvalue weighted by atomic mass is 10.5. The standard InChI is InChI=1S/C5H12N.ClH/c1-5(2)6(3)4;/h1-4H3;1H/q+1;/p-1. The van der Waals surface area contributed by atoms with Crippen molar-refractivity contribution in [3.8, 4) is 0 Å². The van der Waals surface area contributed by atoms with Crippen LogP contribution in [0.25, 0.3) is 0 Å². The molecule has 0 aromatic heterocycles. The molecule has 0 radical (unpaired) electrons. The van der Waals surface area contributed by atoms with E-state index in [9.17, 15) is 0 Å². The van der Waals surface area contributed by atoms with Crippen LogP contribution in [0.1, 0.15) is 13.8 Å². The number of rotatable bonds is 0. The first-order valence-electron chi connectivity index (χ1n) is 2.12. The third-order valence-electron chi connectivity index (χ3n) is 0.894. The molecule has 0 aliphatic heterocycles. The monoisotopic (exact) mass is 121 g/mol. The molecule has 0 unspecified atom stereocenters. The Kier molecular flexibility index (Phi) is 5.93. The zero-order valence-corrected chi connectivity index (χ0v) is 6.08. The van der Waals surface area contributed by atoms with Gasteiger partial charge in [0, 0.05) is 13.8 Å². The Morgan fingerprint density at radius 1 is 1.14 bits per heavy atom. The summed E-state index contributed by atoms with van der Waals surface area (Å²) in [6, 6.07) is 0. The first-order chi connectivity index (χ1) is 2.64. The molecule has 0 atom stereocenters. The van der Waals surface area contributed by atoms with Crippen molar-refractivity contribution < 1.29 is 17.0 Å². The van der Waals surface area contributed by atoms with E-state index in [1.807, 2.05) is 14.1 Å². The molecule has 44 valence electrons. The number of nitrogens with zero attached hydrogens (tertiary/aromatic N) is 1. The number of hydrogen-bond donors (Lipinski definition) is 0. The number of halogens is 1. The van der Waals surface area contributed by atoms with Crippen molar-refractivity contribution in [1.29, 1.82) is 0 Å². The van der Waals surface area contributed by atoms with Gasteiger partial charge in [-0.2, -0.15) is 0 Å². The summed E-state index contributed by atoms with van der Waals surface area (Å²) in [6.45, 7) is 4.17. The van der Waals surface area contributed by atoms with E-state index in [4.69, 9.17) is 0 Å². The highest BCUT2D eigenvalue weighted by molar-refractivity contribution is 5.73. The average molecular weight is 122 g/mol. The van der Waals surface area contributed by atoms with E-state index in [1.165, 1.54) is 5.71 Å². The van der Waals surface area contributed by atoms with Gasteiger partial charge in [-0.1, -0.05) is 0 Å². The Morgan fingerprint density at radius 2 is 1.29 bits per heavy atom. The molecule has 0 aromatic rings. The molecule has 0 aliphatic carbocycles. The lowest BCUT2D eigenvalue weighted by Crippen LogP contribution is -3.00. The molecule has 0 saturated heterocycles. The molecule has 0 aliphatic rings. The Balaban J connectivity index is 0. The SMILES string of the molecule is CC(C)=[N+](C)C.[Cl-]. The molecule has 0 aromatic carbocycles. The minimum absolute atomic E-state index is 0. The summed E-state index contributed by atoms with van der Waals surface area (Å²) in [5.41, 5.74) is 1.34. The van der Waals surface area contributed by atoms with Crippen LogP contribution in [-0.2, 0) is 0 Å². The summed E-state index contributed by atoms with van der Waals surface area (Å²) in [7, 11) is 4.07. The summed E-state index contributed by atoms with van der Waals surface area (Å²) < 4.78 is 2.08. The van der Waals surface area contributed by atoms with Crippen LogP contribution < -0.4 is 12.4 Å². The molecular formula is C5H12ClN. The molecule has 0 bridgehead atoms. The summed E-state index contributed by atoms with van der Waals surface area (Å²) in [6.07, 6.45) is 0. The molecule has 0 heterocycles. The van der Waals surface area contributed by atoms with Crippen molar-refractivity contribution >= 4 is 5.71 Å². The van der Waals surface area contributed by atoms with E-state index in [2.05, 4.69) is 18.4 Å². The largest absolute Gasteiger partial charge is 1.00 e. The van der Waals surface area contributed by atoms with Crippen molar-refractivity contribution in [2.45, 2.75) is 13.8 Å². The number of hydrogen-bond acceptors (Lipinski definition) is 0. The van der Waals surface area contributed by atoms with Crippen LogP contribution in [-0.4, -0.2) is 24.4 Å². The van der Waals surface area contributed by atoms with Gasteiger partial charge in [0.1, 0.15) is 19.8 Å². The van der Waals surface area contributed by atoms with Crippen LogP contribution in [0.5, 0.6) is 0 Å². The molecule has 0 N–H and O–H groups in total. The highest BCUT2D eigenvalue weighted by atomic mass is 35.5. The first-order valence-corrected chi connectivity index (χ1v) is 2.12. The second-order valence-corrected chi connectivity index (χ2v) is 1.84. The summed E-state index contributed by atoms with van der Waals surface area (Å²) in [5.74, 6) is 0. The van der Waals surface area contributed by atoms with E-state index in [1.54, 1.807) is 0 Å². The molecule has 0 amide bonds. The molecule has 0 spiro atoms. The molecule has 0 fully saturated rings. The maximum absolute atomic E-state index is 2.08. The van der Waals surface area contributed by atoms with Crippen molar-refractivity contribution in [1.82, 2.24) is 0 Å². The van der Waals surface area contributed by atoms with Crippen molar-refractivity contribution in [3.05, 3.63) is 0 Å². The van der Waals surface area contributed by atoms with E-state index < -0.39 is 0 Å². The quantitative estimate of drug-likeness (QED) is 0.252. The zero-order valence-electron chi connectivity index (χ0n) is 5.33. The Bertz CT molecular complexity index is 58.1. The molecular weight excluding hydrogens is 110 g/mol. The Hall–Kier alpha value is -0.0400.